The summed E-state index contributed by atoms with van der Waals surface area (Å²) in [6.45, 7) is 8.74. The molecule has 0 aromatic carbocycles. The topological polar surface area (TPSA) is 21.7 Å². The fraction of sp³-hybridized carbons (Fsp3) is 0.800. The maximum absolute atomic E-state index is 5.51. The van der Waals surface area contributed by atoms with Crippen molar-refractivity contribution < 1.29 is 9.47 Å². The van der Waals surface area contributed by atoms with E-state index in [1.807, 2.05) is 6.92 Å². The molecule has 0 N–H and O–H groups in total. The molecule has 13 heavy (non-hydrogen) atoms. The maximum atomic E-state index is 5.51. The summed E-state index contributed by atoms with van der Waals surface area (Å²) >= 11 is 0. The van der Waals surface area contributed by atoms with Crippen LogP contribution in [0.4, 0.5) is 0 Å². The normalized spacial score (nSPS) is 29.2. The van der Waals surface area contributed by atoms with Gasteiger partial charge in [0.1, 0.15) is 0 Å². The molecule has 0 amide bonds. The molecular formula is C10H19NO2. The van der Waals surface area contributed by atoms with E-state index < -0.39 is 5.91 Å². The number of hydrogen-bond acceptors (Lipinski definition) is 3. The molecule has 0 bridgehead atoms. The number of allylic oxidation sites excluding steroid dienone is 1. The largest absolute Gasteiger partial charge is 0.341 e. The molecule has 76 valence electrons. The van der Waals surface area contributed by atoms with Crippen LogP contribution in [0, 0.1) is 0 Å². The van der Waals surface area contributed by atoms with Gasteiger partial charge in [-0.2, -0.15) is 0 Å². The lowest BCUT2D eigenvalue weighted by molar-refractivity contribution is -0.246. The van der Waals surface area contributed by atoms with E-state index in [0.29, 0.717) is 0 Å². The predicted octanol–water partition coefficient (Wildman–Crippen LogP) is 1.60. The van der Waals surface area contributed by atoms with E-state index in [4.69, 9.17) is 9.47 Å². The maximum Gasteiger partial charge on any atom is 0.227 e. The van der Waals surface area contributed by atoms with Crippen LogP contribution in [0.5, 0.6) is 0 Å². The predicted molar refractivity (Wildman–Crippen MR) is 52.4 cm³/mol. The zero-order valence-electron chi connectivity index (χ0n) is 8.96. The number of hydrogen-bond donors (Lipinski definition) is 0. The van der Waals surface area contributed by atoms with Gasteiger partial charge < -0.3 is 9.47 Å². The monoisotopic (exact) mass is 185 g/mol. The Morgan fingerprint density at radius 3 is 2.85 bits per heavy atom. The average Bonchev–Trinajstić information content (AvgIpc) is 2.44. The highest BCUT2D eigenvalue weighted by atomic mass is 16.7. The van der Waals surface area contributed by atoms with Crippen molar-refractivity contribution in [3.63, 3.8) is 0 Å². The molecular weight excluding hydrogens is 166 g/mol. The third-order valence-electron chi connectivity index (χ3n) is 2.40. The lowest BCUT2D eigenvalue weighted by Crippen LogP contribution is -2.43. The van der Waals surface area contributed by atoms with Crippen molar-refractivity contribution in [2.24, 2.45) is 0 Å². The van der Waals surface area contributed by atoms with E-state index in [-0.39, 0.29) is 0 Å². The first-order valence-corrected chi connectivity index (χ1v) is 4.66. The van der Waals surface area contributed by atoms with Crippen LogP contribution in [-0.2, 0) is 9.47 Å². The number of nitrogens with zero attached hydrogens (tertiary/aromatic N) is 1. The Labute approximate surface area is 80.3 Å². The minimum atomic E-state index is -0.522. The summed E-state index contributed by atoms with van der Waals surface area (Å²) in [6.07, 6.45) is 2.19. The molecule has 0 spiro atoms. The van der Waals surface area contributed by atoms with Gasteiger partial charge in [-0.05, 0) is 13.8 Å². The van der Waals surface area contributed by atoms with Crippen molar-refractivity contribution in [1.82, 2.24) is 4.90 Å². The Balaban J connectivity index is 2.54. The highest BCUT2D eigenvalue weighted by Gasteiger charge is 2.37. The van der Waals surface area contributed by atoms with E-state index in [9.17, 15) is 0 Å². The van der Waals surface area contributed by atoms with Gasteiger partial charge in [0.25, 0.3) is 0 Å². The first-order valence-electron chi connectivity index (χ1n) is 4.66. The Kier molecular flexibility index (Phi) is 3.47. The lowest BCUT2D eigenvalue weighted by atomic mass is 10.3. The van der Waals surface area contributed by atoms with Crippen LogP contribution in [-0.4, -0.2) is 37.6 Å². The van der Waals surface area contributed by atoms with Crippen molar-refractivity contribution in [2.75, 3.05) is 26.8 Å². The molecule has 1 aliphatic rings. The third kappa shape index (κ3) is 2.53. The first-order chi connectivity index (χ1) is 6.08. The van der Waals surface area contributed by atoms with Gasteiger partial charge in [-0.3, -0.25) is 0 Å². The minimum absolute atomic E-state index is 0.522. The standard InChI is InChI=1S/C10H19NO2/c1-9(2)5-6-11-7-8-13-10(11,3)12-4/h5H,6-8H2,1-4H3. The van der Waals surface area contributed by atoms with Crippen LogP contribution >= 0.6 is 0 Å². The van der Waals surface area contributed by atoms with E-state index in [2.05, 4.69) is 24.8 Å². The van der Waals surface area contributed by atoms with Crippen molar-refractivity contribution in [3.8, 4) is 0 Å². The van der Waals surface area contributed by atoms with Gasteiger partial charge >= 0.3 is 0 Å². The van der Waals surface area contributed by atoms with Gasteiger partial charge in [0.15, 0.2) is 0 Å². The summed E-state index contributed by atoms with van der Waals surface area (Å²) in [5.74, 6) is -0.522. The van der Waals surface area contributed by atoms with Gasteiger partial charge in [0, 0.05) is 27.1 Å². The number of rotatable bonds is 3. The third-order valence-corrected chi connectivity index (χ3v) is 2.40. The van der Waals surface area contributed by atoms with Crippen LogP contribution in [0.25, 0.3) is 0 Å². The van der Waals surface area contributed by atoms with Gasteiger partial charge in [-0.1, -0.05) is 11.6 Å². The Morgan fingerprint density at radius 2 is 2.31 bits per heavy atom. The van der Waals surface area contributed by atoms with Gasteiger partial charge in [0.2, 0.25) is 5.91 Å². The summed E-state index contributed by atoms with van der Waals surface area (Å²) in [5.41, 5.74) is 1.32. The van der Waals surface area contributed by atoms with Crippen molar-refractivity contribution in [1.29, 1.82) is 0 Å². The van der Waals surface area contributed by atoms with Crippen LogP contribution in [0.3, 0.4) is 0 Å². The summed E-state index contributed by atoms with van der Waals surface area (Å²) in [6, 6.07) is 0. The molecule has 0 aliphatic carbocycles. The lowest BCUT2D eigenvalue weighted by Gasteiger charge is -2.30. The number of ether oxygens (including phenoxy) is 2. The Hall–Kier alpha value is -0.380. The molecule has 3 nitrogen and oxygen atoms in total. The Morgan fingerprint density at radius 1 is 1.62 bits per heavy atom. The highest BCUT2D eigenvalue weighted by molar-refractivity contribution is 4.96. The van der Waals surface area contributed by atoms with Gasteiger partial charge in [-0.15, -0.1) is 0 Å². The smallest absolute Gasteiger partial charge is 0.227 e. The van der Waals surface area contributed by atoms with E-state index in [0.717, 1.165) is 19.7 Å². The molecule has 1 aliphatic heterocycles. The van der Waals surface area contributed by atoms with Crippen LogP contribution < -0.4 is 0 Å². The van der Waals surface area contributed by atoms with Gasteiger partial charge in [-0.25, -0.2) is 4.90 Å². The van der Waals surface area contributed by atoms with Crippen molar-refractivity contribution in [3.05, 3.63) is 11.6 Å². The molecule has 0 radical (unpaired) electrons. The van der Waals surface area contributed by atoms with Gasteiger partial charge in [0.05, 0.1) is 6.61 Å². The molecule has 0 aromatic heterocycles. The highest BCUT2D eigenvalue weighted by Crippen LogP contribution is 2.23. The molecule has 1 heterocycles. The van der Waals surface area contributed by atoms with Crippen molar-refractivity contribution >= 4 is 0 Å². The second kappa shape index (κ2) is 4.22. The SMILES string of the molecule is COC1(C)OCCN1CC=C(C)C. The fourth-order valence-corrected chi connectivity index (χ4v) is 1.38. The van der Waals surface area contributed by atoms with Crippen molar-refractivity contribution in [2.45, 2.75) is 26.7 Å². The summed E-state index contributed by atoms with van der Waals surface area (Å²) in [7, 11) is 1.68. The van der Waals surface area contributed by atoms with Crippen LogP contribution in [0.1, 0.15) is 20.8 Å². The zero-order chi connectivity index (χ0) is 9.90. The molecule has 1 fully saturated rings. The summed E-state index contributed by atoms with van der Waals surface area (Å²) in [4.78, 5) is 2.18. The van der Waals surface area contributed by atoms with Crippen LogP contribution in [0.15, 0.2) is 11.6 Å². The zero-order valence-corrected chi connectivity index (χ0v) is 8.96. The van der Waals surface area contributed by atoms with E-state index in [1.165, 1.54) is 5.57 Å². The van der Waals surface area contributed by atoms with E-state index in [1.54, 1.807) is 7.11 Å². The Bertz CT molecular complexity index is 199. The fourth-order valence-electron chi connectivity index (χ4n) is 1.38. The quantitative estimate of drug-likeness (QED) is 0.623. The average molecular weight is 185 g/mol. The second-order valence-electron chi connectivity index (χ2n) is 3.68. The molecule has 3 heteroatoms. The summed E-state index contributed by atoms with van der Waals surface area (Å²) in [5, 5.41) is 0. The van der Waals surface area contributed by atoms with Crippen LogP contribution in [0.2, 0.25) is 0 Å². The summed E-state index contributed by atoms with van der Waals surface area (Å²) < 4.78 is 10.8. The molecule has 1 unspecified atom stereocenters. The number of methoxy groups -OCH3 is 1. The molecule has 0 saturated carbocycles. The second-order valence-corrected chi connectivity index (χ2v) is 3.68. The molecule has 1 saturated heterocycles. The molecule has 0 aromatic rings. The van der Waals surface area contributed by atoms with E-state index >= 15 is 0 Å². The first kappa shape index (κ1) is 10.7. The molecule has 1 rings (SSSR count). The minimum Gasteiger partial charge on any atom is -0.341 e. The molecule has 1 atom stereocenters.